The minimum atomic E-state index is -0.658. The van der Waals surface area contributed by atoms with Crippen molar-refractivity contribution in [1.82, 2.24) is 10.6 Å². The molecule has 1 aromatic carbocycles. The molecule has 0 atom stereocenters. The van der Waals surface area contributed by atoms with E-state index in [2.05, 4.69) is 10.6 Å². The molecule has 2 amide bonds. The molecule has 20 heavy (non-hydrogen) atoms. The van der Waals surface area contributed by atoms with Crippen LogP contribution in [0.15, 0.2) is 24.3 Å². The maximum Gasteiger partial charge on any atom is 0.230 e. The Morgan fingerprint density at radius 1 is 1.15 bits per heavy atom. The lowest BCUT2D eigenvalue weighted by Gasteiger charge is -2.24. The maximum absolute atomic E-state index is 12.2. The van der Waals surface area contributed by atoms with Crippen molar-refractivity contribution in [2.24, 2.45) is 0 Å². The van der Waals surface area contributed by atoms with E-state index >= 15 is 0 Å². The van der Waals surface area contributed by atoms with E-state index < -0.39 is 5.41 Å². The first-order valence-electron chi connectivity index (χ1n) is 6.79. The molecular formula is C15H23N3O2. The van der Waals surface area contributed by atoms with Crippen LogP contribution in [-0.2, 0) is 15.0 Å². The molecule has 5 nitrogen and oxygen atoms in total. The van der Waals surface area contributed by atoms with Gasteiger partial charge in [-0.2, -0.15) is 0 Å². The fraction of sp³-hybridized carbons (Fsp3) is 0.467. The molecule has 0 heterocycles. The van der Waals surface area contributed by atoms with E-state index in [-0.39, 0.29) is 18.2 Å². The lowest BCUT2D eigenvalue weighted by Crippen LogP contribution is -2.41. The number of anilines is 1. The topological polar surface area (TPSA) is 84.2 Å². The first kappa shape index (κ1) is 16.0. The van der Waals surface area contributed by atoms with Crippen LogP contribution in [0, 0.1) is 0 Å². The SMILES string of the molecule is CCNC(=O)CCNC(=O)C(C)(C)c1ccc(N)cc1. The Morgan fingerprint density at radius 3 is 2.30 bits per heavy atom. The monoisotopic (exact) mass is 277 g/mol. The van der Waals surface area contributed by atoms with Gasteiger partial charge in [0.15, 0.2) is 0 Å². The number of hydrogen-bond donors (Lipinski definition) is 3. The number of benzene rings is 1. The van der Waals surface area contributed by atoms with Crippen molar-refractivity contribution in [2.75, 3.05) is 18.8 Å². The predicted molar refractivity (Wildman–Crippen MR) is 80.2 cm³/mol. The third-order valence-corrected chi connectivity index (χ3v) is 3.21. The highest BCUT2D eigenvalue weighted by Crippen LogP contribution is 2.24. The van der Waals surface area contributed by atoms with Crippen molar-refractivity contribution in [2.45, 2.75) is 32.6 Å². The number of rotatable bonds is 6. The summed E-state index contributed by atoms with van der Waals surface area (Å²) in [5.74, 6) is -0.162. The maximum atomic E-state index is 12.2. The third-order valence-electron chi connectivity index (χ3n) is 3.21. The molecule has 0 aromatic heterocycles. The van der Waals surface area contributed by atoms with Crippen molar-refractivity contribution in [3.63, 3.8) is 0 Å². The Balaban J connectivity index is 2.57. The molecule has 0 spiro atoms. The van der Waals surface area contributed by atoms with Gasteiger partial charge in [0, 0.05) is 25.2 Å². The highest BCUT2D eigenvalue weighted by Gasteiger charge is 2.29. The number of amides is 2. The van der Waals surface area contributed by atoms with E-state index in [4.69, 9.17) is 5.73 Å². The average Bonchev–Trinajstić information content (AvgIpc) is 2.39. The zero-order valence-corrected chi connectivity index (χ0v) is 12.3. The summed E-state index contributed by atoms with van der Waals surface area (Å²) < 4.78 is 0. The van der Waals surface area contributed by atoms with E-state index in [1.165, 1.54) is 0 Å². The van der Waals surface area contributed by atoms with Crippen LogP contribution in [0.25, 0.3) is 0 Å². The summed E-state index contributed by atoms with van der Waals surface area (Å²) in [6, 6.07) is 7.25. The standard InChI is InChI=1S/C15H23N3O2/c1-4-17-13(19)9-10-18-14(20)15(2,3)11-5-7-12(16)8-6-11/h5-8H,4,9-10,16H2,1-3H3,(H,17,19)(H,18,20). The number of hydrogen-bond acceptors (Lipinski definition) is 3. The largest absolute Gasteiger partial charge is 0.399 e. The smallest absolute Gasteiger partial charge is 0.230 e. The molecule has 110 valence electrons. The molecule has 0 fully saturated rings. The number of nitrogens with one attached hydrogen (secondary N) is 2. The molecule has 0 radical (unpaired) electrons. The molecule has 1 aromatic rings. The average molecular weight is 277 g/mol. The number of nitrogen functional groups attached to an aromatic ring is 1. The van der Waals surface area contributed by atoms with Gasteiger partial charge in [0.05, 0.1) is 5.41 Å². The van der Waals surface area contributed by atoms with Gasteiger partial charge in [-0.15, -0.1) is 0 Å². The second kappa shape index (κ2) is 6.93. The molecule has 5 heteroatoms. The van der Waals surface area contributed by atoms with E-state index in [1.54, 1.807) is 12.1 Å². The van der Waals surface area contributed by atoms with Gasteiger partial charge in [-0.25, -0.2) is 0 Å². The molecule has 1 rings (SSSR count). The number of carbonyl (C=O) groups is 2. The van der Waals surface area contributed by atoms with Gasteiger partial charge in [-0.05, 0) is 38.5 Å². The van der Waals surface area contributed by atoms with Gasteiger partial charge in [-0.1, -0.05) is 12.1 Å². The molecular weight excluding hydrogens is 254 g/mol. The first-order chi connectivity index (χ1) is 9.37. The van der Waals surface area contributed by atoms with E-state index in [0.29, 0.717) is 18.8 Å². The Morgan fingerprint density at radius 2 is 1.75 bits per heavy atom. The molecule has 0 unspecified atom stereocenters. The van der Waals surface area contributed by atoms with Gasteiger partial charge in [-0.3, -0.25) is 9.59 Å². The highest BCUT2D eigenvalue weighted by molar-refractivity contribution is 5.87. The van der Waals surface area contributed by atoms with Gasteiger partial charge in [0.1, 0.15) is 0 Å². The van der Waals surface area contributed by atoms with Crippen molar-refractivity contribution >= 4 is 17.5 Å². The molecule has 0 aliphatic carbocycles. The van der Waals surface area contributed by atoms with Crippen LogP contribution in [0.4, 0.5) is 5.69 Å². The van der Waals surface area contributed by atoms with Gasteiger partial charge in [0.25, 0.3) is 0 Å². The molecule has 0 aliphatic heterocycles. The van der Waals surface area contributed by atoms with Crippen LogP contribution >= 0.6 is 0 Å². The van der Waals surface area contributed by atoms with Crippen LogP contribution < -0.4 is 16.4 Å². The van der Waals surface area contributed by atoms with E-state index in [0.717, 1.165) is 5.56 Å². The normalized spacial score (nSPS) is 10.9. The third kappa shape index (κ3) is 4.26. The first-order valence-corrected chi connectivity index (χ1v) is 6.79. The Bertz CT molecular complexity index is 467. The Kier molecular flexibility index (Phi) is 5.55. The molecule has 0 saturated heterocycles. The summed E-state index contributed by atoms with van der Waals surface area (Å²) in [6.45, 7) is 6.49. The fourth-order valence-electron chi connectivity index (χ4n) is 1.83. The van der Waals surface area contributed by atoms with Gasteiger partial charge >= 0.3 is 0 Å². The minimum Gasteiger partial charge on any atom is -0.399 e. The zero-order chi connectivity index (χ0) is 15.2. The van der Waals surface area contributed by atoms with E-state index in [1.807, 2.05) is 32.9 Å². The summed E-state index contributed by atoms with van der Waals surface area (Å²) in [5.41, 5.74) is 6.54. The van der Waals surface area contributed by atoms with Gasteiger partial charge < -0.3 is 16.4 Å². The fourth-order valence-corrected chi connectivity index (χ4v) is 1.83. The van der Waals surface area contributed by atoms with Crippen molar-refractivity contribution in [1.29, 1.82) is 0 Å². The molecule has 0 bridgehead atoms. The number of nitrogens with two attached hydrogens (primary N) is 1. The summed E-state index contributed by atoms with van der Waals surface area (Å²) in [7, 11) is 0. The molecule has 0 aliphatic rings. The summed E-state index contributed by atoms with van der Waals surface area (Å²) >= 11 is 0. The van der Waals surface area contributed by atoms with Crippen LogP contribution in [0.3, 0.4) is 0 Å². The van der Waals surface area contributed by atoms with Crippen molar-refractivity contribution in [3.05, 3.63) is 29.8 Å². The second-order valence-corrected chi connectivity index (χ2v) is 5.21. The molecule has 0 saturated carbocycles. The Labute approximate surface area is 119 Å². The zero-order valence-electron chi connectivity index (χ0n) is 12.3. The summed E-state index contributed by atoms with van der Waals surface area (Å²) in [6.07, 6.45) is 0.289. The lowest BCUT2D eigenvalue weighted by atomic mass is 9.83. The minimum absolute atomic E-state index is 0.0573. The van der Waals surface area contributed by atoms with Crippen LogP contribution in [0.2, 0.25) is 0 Å². The summed E-state index contributed by atoms with van der Waals surface area (Å²) in [4.78, 5) is 23.5. The molecule has 4 N–H and O–H groups in total. The Hall–Kier alpha value is -2.04. The highest BCUT2D eigenvalue weighted by atomic mass is 16.2. The number of carbonyl (C=O) groups excluding carboxylic acids is 2. The van der Waals surface area contributed by atoms with E-state index in [9.17, 15) is 9.59 Å². The lowest BCUT2D eigenvalue weighted by molar-refractivity contribution is -0.126. The van der Waals surface area contributed by atoms with Gasteiger partial charge in [0.2, 0.25) is 11.8 Å². The predicted octanol–water partition coefficient (Wildman–Crippen LogP) is 1.19. The van der Waals surface area contributed by atoms with Crippen LogP contribution in [0.5, 0.6) is 0 Å². The quantitative estimate of drug-likeness (QED) is 0.683. The van der Waals surface area contributed by atoms with Crippen molar-refractivity contribution in [3.8, 4) is 0 Å². The summed E-state index contributed by atoms with van der Waals surface area (Å²) in [5, 5.41) is 5.49. The van der Waals surface area contributed by atoms with Crippen LogP contribution in [-0.4, -0.2) is 24.9 Å². The second-order valence-electron chi connectivity index (χ2n) is 5.21. The van der Waals surface area contributed by atoms with Crippen molar-refractivity contribution < 1.29 is 9.59 Å². The van der Waals surface area contributed by atoms with Crippen LogP contribution in [0.1, 0.15) is 32.8 Å².